The lowest BCUT2D eigenvalue weighted by Gasteiger charge is -2.25. The molecule has 0 bridgehead atoms. The fourth-order valence-corrected chi connectivity index (χ4v) is 3.33. The van der Waals surface area contributed by atoms with Gasteiger partial charge in [-0.3, -0.25) is 0 Å². The maximum absolute atomic E-state index is 9.55. The second kappa shape index (κ2) is 5.50. The third kappa shape index (κ3) is 2.09. The average Bonchev–Trinajstić information content (AvgIpc) is 2.82. The lowest BCUT2D eigenvalue weighted by Crippen LogP contribution is -2.22. The van der Waals surface area contributed by atoms with Crippen molar-refractivity contribution in [3.8, 4) is 11.9 Å². The highest BCUT2D eigenvalue weighted by Crippen LogP contribution is 2.45. The van der Waals surface area contributed by atoms with Gasteiger partial charge >= 0.3 is 0 Å². The van der Waals surface area contributed by atoms with Gasteiger partial charge in [-0.1, -0.05) is 34.1 Å². The van der Waals surface area contributed by atoms with Gasteiger partial charge < -0.3 is 10.5 Å². The number of halogens is 1. The molecule has 3 rings (SSSR count). The SMILES string of the molecule is CCn1nc(C)c2c1OC(N)=C(C#N)[C@H]2c1ccccc1Br. The van der Waals surface area contributed by atoms with E-state index in [1.165, 1.54) is 0 Å². The number of hydrogen-bond acceptors (Lipinski definition) is 4. The van der Waals surface area contributed by atoms with Gasteiger partial charge in [0.1, 0.15) is 11.6 Å². The van der Waals surface area contributed by atoms with Crippen LogP contribution in [-0.2, 0) is 6.54 Å². The molecule has 0 aliphatic carbocycles. The number of benzene rings is 1. The zero-order chi connectivity index (χ0) is 15.9. The van der Waals surface area contributed by atoms with Gasteiger partial charge in [0.15, 0.2) is 0 Å². The highest BCUT2D eigenvalue weighted by molar-refractivity contribution is 9.10. The molecule has 6 heteroatoms. The summed E-state index contributed by atoms with van der Waals surface area (Å²) in [4.78, 5) is 0. The molecule has 2 N–H and O–H groups in total. The first kappa shape index (κ1) is 14.7. The molecule has 112 valence electrons. The number of aryl methyl sites for hydroxylation is 2. The molecule has 0 radical (unpaired) electrons. The van der Waals surface area contributed by atoms with E-state index in [1.54, 1.807) is 4.68 Å². The van der Waals surface area contributed by atoms with Crippen molar-refractivity contribution in [2.24, 2.45) is 5.73 Å². The van der Waals surface area contributed by atoms with Crippen LogP contribution in [0.1, 0.15) is 29.7 Å². The van der Waals surface area contributed by atoms with Crippen LogP contribution >= 0.6 is 15.9 Å². The molecule has 1 aliphatic rings. The molecule has 1 aromatic heterocycles. The van der Waals surface area contributed by atoms with Crippen LogP contribution < -0.4 is 10.5 Å². The molecule has 0 amide bonds. The molecule has 1 aliphatic heterocycles. The summed E-state index contributed by atoms with van der Waals surface area (Å²) in [6.07, 6.45) is 0. The molecule has 2 heterocycles. The van der Waals surface area contributed by atoms with Crippen molar-refractivity contribution in [3.05, 3.63) is 57.0 Å². The Morgan fingerprint density at radius 2 is 2.18 bits per heavy atom. The first-order valence-corrected chi connectivity index (χ1v) is 7.77. The lowest BCUT2D eigenvalue weighted by atomic mass is 9.84. The number of nitriles is 1. The van der Waals surface area contributed by atoms with Crippen LogP contribution in [0.5, 0.6) is 5.88 Å². The Morgan fingerprint density at radius 3 is 2.82 bits per heavy atom. The number of allylic oxidation sites excluding steroid dienone is 1. The minimum absolute atomic E-state index is 0.144. The smallest absolute Gasteiger partial charge is 0.224 e. The summed E-state index contributed by atoms with van der Waals surface area (Å²) in [7, 11) is 0. The Kier molecular flexibility index (Phi) is 3.67. The molecular formula is C16H15BrN4O. The van der Waals surface area contributed by atoms with Gasteiger partial charge in [-0.05, 0) is 25.5 Å². The van der Waals surface area contributed by atoms with Crippen LogP contribution in [0, 0.1) is 18.3 Å². The van der Waals surface area contributed by atoms with Crippen LogP contribution in [0.25, 0.3) is 0 Å². The van der Waals surface area contributed by atoms with E-state index in [-0.39, 0.29) is 11.8 Å². The quantitative estimate of drug-likeness (QED) is 0.893. The molecule has 0 saturated carbocycles. The van der Waals surface area contributed by atoms with Gasteiger partial charge in [-0.2, -0.15) is 10.4 Å². The zero-order valence-corrected chi connectivity index (χ0v) is 13.9. The van der Waals surface area contributed by atoms with E-state index in [1.807, 2.05) is 38.1 Å². The third-order valence-corrected chi connectivity index (χ3v) is 4.53. The lowest BCUT2D eigenvalue weighted by molar-refractivity contribution is 0.350. The summed E-state index contributed by atoms with van der Waals surface area (Å²) in [5.41, 5.74) is 9.13. The van der Waals surface area contributed by atoms with E-state index >= 15 is 0 Å². The first-order valence-electron chi connectivity index (χ1n) is 6.97. The fraction of sp³-hybridized carbons (Fsp3) is 0.250. The molecule has 0 spiro atoms. The van der Waals surface area contributed by atoms with Gasteiger partial charge in [0, 0.05) is 11.0 Å². The summed E-state index contributed by atoms with van der Waals surface area (Å²) in [5.74, 6) is 0.493. The van der Waals surface area contributed by atoms with Gasteiger partial charge in [0.05, 0.1) is 17.2 Å². The maximum Gasteiger partial charge on any atom is 0.224 e. The minimum Gasteiger partial charge on any atom is -0.422 e. The van der Waals surface area contributed by atoms with Crippen molar-refractivity contribution in [2.75, 3.05) is 0 Å². The summed E-state index contributed by atoms with van der Waals surface area (Å²) in [6.45, 7) is 4.59. The molecule has 2 aromatic rings. The van der Waals surface area contributed by atoms with Crippen LogP contribution in [0.3, 0.4) is 0 Å². The fourth-order valence-electron chi connectivity index (χ4n) is 2.81. The normalized spacial score (nSPS) is 16.9. The molecule has 5 nitrogen and oxygen atoms in total. The van der Waals surface area contributed by atoms with Crippen molar-refractivity contribution in [3.63, 3.8) is 0 Å². The molecule has 1 atom stereocenters. The van der Waals surface area contributed by atoms with Crippen LogP contribution in [-0.4, -0.2) is 9.78 Å². The van der Waals surface area contributed by atoms with E-state index < -0.39 is 0 Å². The molecule has 1 aromatic carbocycles. The number of fused-ring (bicyclic) bond motifs is 1. The Hall–Kier alpha value is -2.26. The van der Waals surface area contributed by atoms with Crippen molar-refractivity contribution in [1.82, 2.24) is 9.78 Å². The topological polar surface area (TPSA) is 76.9 Å². The molecule has 22 heavy (non-hydrogen) atoms. The van der Waals surface area contributed by atoms with E-state index in [2.05, 4.69) is 27.1 Å². The summed E-state index contributed by atoms with van der Waals surface area (Å²) >= 11 is 3.57. The van der Waals surface area contributed by atoms with Gasteiger partial charge in [-0.15, -0.1) is 0 Å². The Morgan fingerprint density at radius 1 is 1.45 bits per heavy atom. The Bertz CT molecular complexity index is 816. The largest absolute Gasteiger partial charge is 0.422 e. The second-order valence-electron chi connectivity index (χ2n) is 5.07. The van der Waals surface area contributed by atoms with E-state index in [9.17, 15) is 5.26 Å². The predicted molar refractivity (Wildman–Crippen MR) is 86.1 cm³/mol. The number of hydrogen-bond donors (Lipinski definition) is 1. The third-order valence-electron chi connectivity index (χ3n) is 3.81. The number of aromatic nitrogens is 2. The van der Waals surface area contributed by atoms with Crippen molar-refractivity contribution in [1.29, 1.82) is 5.26 Å². The predicted octanol–water partition coefficient (Wildman–Crippen LogP) is 3.19. The average molecular weight is 359 g/mol. The number of nitrogens with zero attached hydrogens (tertiary/aromatic N) is 3. The molecule has 0 unspecified atom stereocenters. The molecule has 0 fully saturated rings. The number of nitrogens with two attached hydrogens (primary N) is 1. The number of ether oxygens (including phenoxy) is 1. The van der Waals surface area contributed by atoms with Crippen molar-refractivity contribution in [2.45, 2.75) is 26.3 Å². The van der Waals surface area contributed by atoms with Crippen LogP contribution in [0.2, 0.25) is 0 Å². The van der Waals surface area contributed by atoms with E-state index in [4.69, 9.17) is 10.5 Å². The van der Waals surface area contributed by atoms with Gasteiger partial charge in [0.2, 0.25) is 11.8 Å². The Balaban J connectivity index is 2.30. The standard InChI is InChI=1S/C16H15BrN4O/c1-3-21-16-13(9(2)20-21)14(11(8-18)15(19)22-16)10-6-4-5-7-12(10)17/h4-7,14H,3,19H2,1-2H3/t14-/m1/s1. The van der Waals surface area contributed by atoms with E-state index in [0.717, 1.165) is 21.3 Å². The van der Waals surface area contributed by atoms with Crippen molar-refractivity contribution < 1.29 is 4.74 Å². The van der Waals surface area contributed by atoms with Crippen LogP contribution in [0.15, 0.2) is 40.2 Å². The Labute approximate surface area is 137 Å². The summed E-state index contributed by atoms with van der Waals surface area (Å²) < 4.78 is 8.39. The monoisotopic (exact) mass is 358 g/mol. The van der Waals surface area contributed by atoms with Gasteiger partial charge in [-0.25, -0.2) is 4.68 Å². The highest BCUT2D eigenvalue weighted by Gasteiger charge is 2.36. The summed E-state index contributed by atoms with van der Waals surface area (Å²) in [6, 6.07) is 10.0. The molecular weight excluding hydrogens is 344 g/mol. The minimum atomic E-state index is -0.273. The zero-order valence-electron chi connectivity index (χ0n) is 12.3. The second-order valence-corrected chi connectivity index (χ2v) is 5.92. The van der Waals surface area contributed by atoms with Gasteiger partial charge in [0.25, 0.3) is 0 Å². The van der Waals surface area contributed by atoms with E-state index in [0.29, 0.717) is 18.0 Å². The van der Waals surface area contributed by atoms with Crippen LogP contribution in [0.4, 0.5) is 0 Å². The summed E-state index contributed by atoms with van der Waals surface area (Å²) in [5, 5.41) is 14.1. The first-order chi connectivity index (χ1) is 10.6. The highest BCUT2D eigenvalue weighted by atomic mass is 79.9. The number of rotatable bonds is 2. The van der Waals surface area contributed by atoms with Crippen molar-refractivity contribution >= 4 is 15.9 Å². The molecule has 0 saturated heterocycles. The maximum atomic E-state index is 9.55.